The van der Waals surface area contributed by atoms with Crippen molar-refractivity contribution >= 4 is 0 Å². The number of hydrogen-bond donors (Lipinski definition) is 2. The molecular weight excluding hydrogens is 282 g/mol. The molecule has 0 saturated carbocycles. The Morgan fingerprint density at radius 2 is 2.09 bits per heavy atom. The van der Waals surface area contributed by atoms with Gasteiger partial charge >= 0.3 is 0 Å². The molecule has 0 heterocycles. The van der Waals surface area contributed by atoms with Crippen LogP contribution in [0.25, 0.3) is 0 Å². The molecule has 0 radical (unpaired) electrons. The highest BCUT2D eigenvalue weighted by Crippen LogP contribution is 2.40. The summed E-state index contributed by atoms with van der Waals surface area (Å²) in [5.74, 6) is 0. The van der Waals surface area contributed by atoms with Crippen LogP contribution in [0.1, 0.15) is 32.3 Å². The van der Waals surface area contributed by atoms with Crippen molar-refractivity contribution in [3.05, 3.63) is 83.5 Å². The largest absolute Gasteiger partial charge is 0.395 e. The average Bonchev–Trinajstić information content (AvgIpc) is 2.62. The minimum absolute atomic E-state index is 0.120. The van der Waals surface area contributed by atoms with Gasteiger partial charge in [-0.2, -0.15) is 0 Å². The van der Waals surface area contributed by atoms with Crippen molar-refractivity contribution in [2.24, 2.45) is 0 Å². The molecule has 1 atom stereocenters. The molecule has 1 aliphatic rings. The Kier molecular flexibility index (Phi) is 6.57. The molecule has 1 aromatic carbocycles. The van der Waals surface area contributed by atoms with Crippen molar-refractivity contribution in [3.8, 4) is 0 Å². The Morgan fingerprint density at radius 1 is 1.30 bits per heavy atom. The predicted molar refractivity (Wildman–Crippen MR) is 98.2 cm³/mol. The second-order valence-electron chi connectivity index (χ2n) is 5.80. The Balaban J connectivity index is 2.62. The molecule has 122 valence electrons. The maximum Gasteiger partial charge on any atom is 0.0871 e. The highest BCUT2D eigenvalue weighted by atomic mass is 16.3. The molecule has 0 aromatic heterocycles. The summed E-state index contributed by atoms with van der Waals surface area (Å²) in [5.41, 5.74) is 3.43. The molecule has 2 nitrogen and oxygen atoms in total. The van der Waals surface area contributed by atoms with Gasteiger partial charge in [0.25, 0.3) is 0 Å². The van der Waals surface area contributed by atoms with Gasteiger partial charge in [-0.15, -0.1) is 0 Å². The van der Waals surface area contributed by atoms with E-state index in [2.05, 4.69) is 66.9 Å². The maximum absolute atomic E-state index is 9.40. The molecule has 0 aliphatic heterocycles. The number of rotatable bonds is 7. The molecule has 2 heteroatoms. The Labute approximate surface area is 139 Å². The predicted octanol–water partition coefficient (Wildman–Crippen LogP) is 4.26. The fourth-order valence-electron chi connectivity index (χ4n) is 3.23. The van der Waals surface area contributed by atoms with E-state index in [0.717, 1.165) is 12.8 Å². The molecular formula is C21H27NO. The van der Waals surface area contributed by atoms with E-state index in [1.165, 1.54) is 16.7 Å². The van der Waals surface area contributed by atoms with Gasteiger partial charge in [-0.25, -0.2) is 0 Å². The lowest BCUT2D eigenvalue weighted by Gasteiger charge is -2.40. The van der Waals surface area contributed by atoms with E-state index in [1.54, 1.807) is 0 Å². The van der Waals surface area contributed by atoms with Crippen molar-refractivity contribution in [1.29, 1.82) is 0 Å². The zero-order chi connectivity index (χ0) is 16.5. The van der Waals surface area contributed by atoms with Crippen LogP contribution in [0.4, 0.5) is 0 Å². The normalized spacial score (nSPS) is 18.0. The second kappa shape index (κ2) is 8.66. The molecule has 0 fully saturated rings. The molecule has 0 spiro atoms. The Morgan fingerprint density at radius 3 is 2.70 bits per heavy atom. The Bertz CT molecular complexity index is 610. The van der Waals surface area contributed by atoms with E-state index in [4.69, 9.17) is 0 Å². The molecule has 0 saturated heterocycles. The lowest BCUT2D eigenvalue weighted by atomic mass is 9.74. The standard InChI is InChI=1S/C21H27NO/c1-3-4-11-18(2)21(22-16-17-23,19-12-7-5-8-13-19)20-14-9-6-10-15-20/h3-9,11-14,22-23H,10,15-17H2,1-2H3/b4-3-,18-11+. The quantitative estimate of drug-likeness (QED) is 0.738. The summed E-state index contributed by atoms with van der Waals surface area (Å²) in [4.78, 5) is 0. The van der Waals surface area contributed by atoms with E-state index in [1.807, 2.05) is 19.1 Å². The SMILES string of the molecule is C/C=C\C=C(/C)C(NCCO)(C1=CC=CCC1)c1ccccc1. The highest BCUT2D eigenvalue weighted by Gasteiger charge is 2.36. The van der Waals surface area contributed by atoms with Crippen LogP contribution in [0.3, 0.4) is 0 Å². The third-order valence-electron chi connectivity index (χ3n) is 4.33. The van der Waals surface area contributed by atoms with Crippen molar-refractivity contribution in [3.63, 3.8) is 0 Å². The number of benzene rings is 1. The molecule has 0 bridgehead atoms. The van der Waals surface area contributed by atoms with Crippen LogP contribution in [0.15, 0.2) is 77.9 Å². The maximum atomic E-state index is 9.40. The molecule has 1 aromatic rings. The van der Waals surface area contributed by atoms with Gasteiger partial charge < -0.3 is 5.11 Å². The molecule has 0 amide bonds. The first-order chi connectivity index (χ1) is 11.3. The van der Waals surface area contributed by atoms with Crippen LogP contribution in [-0.4, -0.2) is 18.3 Å². The van der Waals surface area contributed by atoms with E-state index in [0.29, 0.717) is 6.54 Å². The van der Waals surface area contributed by atoms with E-state index in [-0.39, 0.29) is 12.1 Å². The zero-order valence-corrected chi connectivity index (χ0v) is 14.1. The minimum atomic E-state index is -0.367. The van der Waals surface area contributed by atoms with Crippen LogP contribution in [-0.2, 0) is 5.54 Å². The lowest BCUT2D eigenvalue weighted by molar-refractivity contribution is 0.274. The highest BCUT2D eigenvalue weighted by molar-refractivity contribution is 5.48. The van der Waals surface area contributed by atoms with Gasteiger partial charge in [0.2, 0.25) is 0 Å². The smallest absolute Gasteiger partial charge is 0.0871 e. The van der Waals surface area contributed by atoms with E-state index < -0.39 is 0 Å². The van der Waals surface area contributed by atoms with Crippen molar-refractivity contribution in [1.82, 2.24) is 5.32 Å². The molecule has 23 heavy (non-hydrogen) atoms. The topological polar surface area (TPSA) is 32.3 Å². The first-order valence-electron chi connectivity index (χ1n) is 8.33. The van der Waals surface area contributed by atoms with Crippen LogP contribution < -0.4 is 5.32 Å². The summed E-state index contributed by atoms with van der Waals surface area (Å²) >= 11 is 0. The van der Waals surface area contributed by atoms with Gasteiger partial charge in [0, 0.05) is 6.54 Å². The summed E-state index contributed by atoms with van der Waals surface area (Å²) in [6.07, 6.45) is 14.9. The van der Waals surface area contributed by atoms with Crippen molar-refractivity contribution in [2.75, 3.05) is 13.2 Å². The monoisotopic (exact) mass is 309 g/mol. The van der Waals surface area contributed by atoms with Gasteiger partial charge in [-0.3, -0.25) is 5.32 Å². The summed E-state index contributed by atoms with van der Waals surface area (Å²) in [6, 6.07) is 10.5. The molecule has 1 aliphatic carbocycles. The first kappa shape index (κ1) is 17.5. The second-order valence-corrected chi connectivity index (χ2v) is 5.80. The van der Waals surface area contributed by atoms with Gasteiger partial charge in [-0.05, 0) is 43.4 Å². The Hall–Kier alpha value is -1.90. The number of aliphatic hydroxyl groups excluding tert-OH is 1. The summed E-state index contributed by atoms with van der Waals surface area (Å²) in [7, 11) is 0. The van der Waals surface area contributed by atoms with Gasteiger partial charge in [0.1, 0.15) is 0 Å². The summed E-state index contributed by atoms with van der Waals surface area (Å²) in [6.45, 7) is 4.86. The summed E-state index contributed by atoms with van der Waals surface area (Å²) in [5, 5.41) is 13.0. The zero-order valence-electron chi connectivity index (χ0n) is 14.1. The number of allylic oxidation sites excluding steroid dienone is 6. The minimum Gasteiger partial charge on any atom is -0.395 e. The third kappa shape index (κ3) is 3.90. The van der Waals surface area contributed by atoms with E-state index >= 15 is 0 Å². The van der Waals surface area contributed by atoms with Crippen LogP contribution >= 0.6 is 0 Å². The average molecular weight is 309 g/mol. The first-order valence-corrected chi connectivity index (χ1v) is 8.33. The number of hydrogen-bond acceptors (Lipinski definition) is 2. The fourth-order valence-corrected chi connectivity index (χ4v) is 3.23. The van der Waals surface area contributed by atoms with E-state index in [9.17, 15) is 5.11 Å². The van der Waals surface area contributed by atoms with Gasteiger partial charge in [0.15, 0.2) is 0 Å². The van der Waals surface area contributed by atoms with Crippen molar-refractivity contribution < 1.29 is 5.11 Å². The summed E-state index contributed by atoms with van der Waals surface area (Å²) < 4.78 is 0. The molecule has 2 N–H and O–H groups in total. The number of nitrogens with one attached hydrogen (secondary N) is 1. The molecule has 1 unspecified atom stereocenters. The van der Waals surface area contributed by atoms with Gasteiger partial charge in [0.05, 0.1) is 12.1 Å². The lowest BCUT2D eigenvalue weighted by Crippen LogP contribution is -2.46. The van der Waals surface area contributed by atoms with Gasteiger partial charge in [-0.1, -0.05) is 66.8 Å². The fraction of sp³-hybridized carbons (Fsp3) is 0.333. The van der Waals surface area contributed by atoms with Crippen LogP contribution in [0, 0.1) is 0 Å². The third-order valence-corrected chi connectivity index (χ3v) is 4.33. The van der Waals surface area contributed by atoms with Crippen molar-refractivity contribution in [2.45, 2.75) is 32.2 Å². The van der Waals surface area contributed by atoms with Crippen LogP contribution in [0.5, 0.6) is 0 Å². The number of aliphatic hydroxyl groups is 1. The van der Waals surface area contributed by atoms with Crippen LogP contribution in [0.2, 0.25) is 0 Å². The molecule has 2 rings (SSSR count).